The van der Waals surface area contributed by atoms with Crippen molar-refractivity contribution in [2.45, 2.75) is 57.1 Å². The lowest BCUT2D eigenvalue weighted by molar-refractivity contribution is -0.169. The Balaban J connectivity index is 1.61. The summed E-state index contributed by atoms with van der Waals surface area (Å²) in [7, 11) is -3.59. The summed E-state index contributed by atoms with van der Waals surface area (Å²) in [6.07, 6.45) is 4.49. The van der Waals surface area contributed by atoms with Gasteiger partial charge in [-0.05, 0) is 37.7 Å². The van der Waals surface area contributed by atoms with Gasteiger partial charge in [-0.25, -0.2) is 4.79 Å². The Morgan fingerprint density at radius 3 is 2.48 bits per heavy atom. The molecule has 2 saturated heterocycles. The van der Waals surface area contributed by atoms with Crippen molar-refractivity contribution in [2.24, 2.45) is 0 Å². The number of ether oxygens (including phenoxy) is 3. The average molecular weight is 428 g/mol. The molecular formula is C20H29NO7S. The summed E-state index contributed by atoms with van der Waals surface area (Å²) in [5, 5.41) is 0. The highest BCUT2D eigenvalue weighted by Crippen LogP contribution is 2.27. The van der Waals surface area contributed by atoms with Gasteiger partial charge in [-0.2, -0.15) is 8.42 Å². The molecule has 3 atom stereocenters. The van der Waals surface area contributed by atoms with Crippen LogP contribution in [0, 0.1) is 0 Å². The van der Waals surface area contributed by atoms with Gasteiger partial charge >= 0.3 is 6.09 Å². The van der Waals surface area contributed by atoms with Gasteiger partial charge in [0, 0.05) is 6.61 Å². The summed E-state index contributed by atoms with van der Waals surface area (Å²) in [5.41, 5.74) is 0.882. The van der Waals surface area contributed by atoms with Crippen LogP contribution in [-0.2, 0) is 35.1 Å². The Bertz CT molecular complexity index is 749. The third-order valence-corrected chi connectivity index (χ3v) is 5.69. The van der Waals surface area contributed by atoms with Crippen LogP contribution < -0.4 is 0 Å². The van der Waals surface area contributed by atoms with Crippen molar-refractivity contribution in [3.8, 4) is 0 Å². The second-order valence-electron chi connectivity index (χ2n) is 7.45. The molecule has 2 aliphatic heterocycles. The molecule has 1 aromatic rings. The molecule has 3 rings (SSSR count). The molecule has 0 spiro atoms. The van der Waals surface area contributed by atoms with Gasteiger partial charge < -0.3 is 14.2 Å². The highest BCUT2D eigenvalue weighted by molar-refractivity contribution is 7.85. The summed E-state index contributed by atoms with van der Waals surface area (Å²) < 4.78 is 44.7. The van der Waals surface area contributed by atoms with E-state index in [0.29, 0.717) is 26.1 Å². The monoisotopic (exact) mass is 427 g/mol. The fourth-order valence-corrected chi connectivity index (χ4v) is 4.05. The van der Waals surface area contributed by atoms with Gasteiger partial charge in [0.1, 0.15) is 6.61 Å². The summed E-state index contributed by atoms with van der Waals surface area (Å²) in [4.78, 5) is 14.4. The van der Waals surface area contributed by atoms with E-state index >= 15 is 0 Å². The molecular weight excluding hydrogens is 398 g/mol. The minimum absolute atomic E-state index is 0.0876. The molecule has 2 heterocycles. The van der Waals surface area contributed by atoms with Crippen LogP contribution in [-0.4, -0.2) is 63.9 Å². The van der Waals surface area contributed by atoms with E-state index in [0.717, 1.165) is 31.1 Å². The van der Waals surface area contributed by atoms with Crippen LogP contribution in [0.4, 0.5) is 4.79 Å². The lowest BCUT2D eigenvalue weighted by Crippen LogP contribution is -2.46. The standard InChI is InChI=1S/C20H29NO7S/c1-29(23,24)28-15-18-11-10-17(14-26-19-9-5-6-12-25-19)21(18)20(22)27-13-16-7-3-2-4-8-16/h2-4,7-8,17-19H,5-6,9-15H2,1H3/t17-,18+,19?/m0/s1. The van der Waals surface area contributed by atoms with Gasteiger partial charge in [-0.15, -0.1) is 0 Å². The van der Waals surface area contributed by atoms with E-state index in [1.165, 1.54) is 0 Å². The molecule has 8 nitrogen and oxygen atoms in total. The van der Waals surface area contributed by atoms with Gasteiger partial charge in [0.25, 0.3) is 10.1 Å². The van der Waals surface area contributed by atoms with Crippen LogP contribution in [0.3, 0.4) is 0 Å². The molecule has 0 aromatic heterocycles. The van der Waals surface area contributed by atoms with Gasteiger partial charge in [0.15, 0.2) is 6.29 Å². The minimum atomic E-state index is -3.59. The maximum absolute atomic E-state index is 12.8. The molecule has 162 valence electrons. The Hall–Kier alpha value is -1.68. The largest absolute Gasteiger partial charge is 0.445 e. The van der Waals surface area contributed by atoms with Crippen LogP contribution in [0.2, 0.25) is 0 Å². The first-order chi connectivity index (χ1) is 13.9. The number of hydrogen-bond acceptors (Lipinski definition) is 7. The smallest absolute Gasteiger partial charge is 0.410 e. The number of likely N-dealkylation sites (tertiary alicyclic amines) is 1. The van der Waals surface area contributed by atoms with E-state index in [1.54, 1.807) is 4.90 Å². The van der Waals surface area contributed by atoms with Crippen molar-refractivity contribution >= 4 is 16.2 Å². The predicted molar refractivity (Wildman–Crippen MR) is 106 cm³/mol. The zero-order valence-corrected chi connectivity index (χ0v) is 17.5. The Labute approximate surface area is 172 Å². The lowest BCUT2D eigenvalue weighted by atomic mass is 10.2. The third kappa shape index (κ3) is 6.95. The summed E-state index contributed by atoms with van der Waals surface area (Å²) >= 11 is 0. The molecule has 2 aliphatic rings. The lowest BCUT2D eigenvalue weighted by Gasteiger charge is -2.31. The van der Waals surface area contributed by atoms with Crippen molar-refractivity contribution in [3.63, 3.8) is 0 Å². The molecule has 1 amide bonds. The summed E-state index contributed by atoms with van der Waals surface area (Å²) in [5.74, 6) is 0. The van der Waals surface area contributed by atoms with Gasteiger partial charge in [-0.3, -0.25) is 9.08 Å². The highest BCUT2D eigenvalue weighted by Gasteiger charge is 2.39. The second-order valence-corrected chi connectivity index (χ2v) is 9.09. The van der Waals surface area contributed by atoms with Crippen LogP contribution in [0.15, 0.2) is 30.3 Å². The second kappa shape index (κ2) is 10.4. The number of carbonyl (C=O) groups is 1. The molecule has 1 aromatic carbocycles. The van der Waals surface area contributed by atoms with Crippen molar-refractivity contribution in [2.75, 3.05) is 26.1 Å². The molecule has 29 heavy (non-hydrogen) atoms. The Kier molecular flexibility index (Phi) is 7.88. The Morgan fingerprint density at radius 1 is 1.10 bits per heavy atom. The fourth-order valence-electron chi connectivity index (χ4n) is 3.64. The SMILES string of the molecule is CS(=O)(=O)OC[C@H]1CC[C@@H](COC2CCCCO2)N1C(=O)OCc1ccccc1. The first-order valence-corrected chi connectivity index (χ1v) is 11.8. The zero-order chi connectivity index (χ0) is 20.7. The Morgan fingerprint density at radius 2 is 1.83 bits per heavy atom. The number of benzene rings is 1. The van der Waals surface area contributed by atoms with Gasteiger partial charge in [0.05, 0.1) is 31.6 Å². The quantitative estimate of drug-likeness (QED) is 0.589. The molecule has 1 unspecified atom stereocenters. The van der Waals surface area contributed by atoms with Crippen molar-refractivity contribution in [1.29, 1.82) is 0 Å². The van der Waals surface area contributed by atoms with Crippen LogP contribution >= 0.6 is 0 Å². The molecule has 0 saturated carbocycles. The molecule has 2 fully saturated rings. The van der Waals surface area contributed by atoms with Crippen molar-refractivity contribution in [1.82, 2.24) is 4.90 Å². The fraction of sp³-hybridized carbons (Fsp3) is 0.650. The first kappa shape index (κ1) is 22.0. The average Bonchev–Trinajstić information content (AvgIpc) is 3.13. The summed E-state index contributed by atoms with van der Waals surface area (Å²) in [6.45, 7) is 1.06. The van der Waals surface area contributed by atoms with E-state index in [9.17, 15) is 13.2 Å². The number of hydrogen-bond donors (Lipinski definition) is 0. The van der Waals surface area contributed by atoms with E-state index in [2.05, 4.69) is 0 Å². The zero-order valence-electron chi connectivity index (χ0n) is 16.7. The maximum atomic E-state index is 12.8. The van der Waals surface area contributed by atoms with Gasteiger partial charge in [-0.1, -0.05) is 30.3 Å². The van der Waals surface area contributed by atoms with E-state index < -0.39 is 16.2 Å². The third-order valence-electron chi connectivity index (χ3n) is 5.12. The molecule has 9 heteroatoms. The van der Waals surface area contributed by atoms with Crippen LogP contribution in [0.5, 0.6) is 0 Å². The molecule has 0 N–H and O–H groups in total. The number of amides is 1. The van der Waals surface area contributed by atoms with Crippen LogP contribution in [0.25, 0.3) is 0 Å². The van der Waals surface area contributed by atoms with Crippen LogP contribution in [0.1, 0.15) is 37.7 Å². The van der Waals surface area contributed by atoms with E-state index in [4.69, 9.17) is 18.4 Å². The van der Waals surface area contributed by atoms with E-state index in [-0.39, 0.29) is 31.6 Å². The number of nitrogens with zero attached hydrogens (tertiary/aromatic N) is 1. The topological polar surface area (TPSA) is 91.4 Å². The highest BCUT2D eigenvalue weighted by atomic mass is 32.2. The minimum Gasteiger partial charge on any atom is -0.445 e. The molecule has 0 bridgehead atoms. The normalized spacial score (nSPS) is 25.1. The number of carbonyl (C=O) groups excluding carboxylic acids is 1. The predicted octanol–water partition coefficient (Wildman–Crippen LogP) is 2.68. The molecule has 0 radical (unpaired) electrons. The van der Waals surface area contributed by atoms with Gasteiger partial charge in [0.2, 0.25) is 0 Å². The van der Waals surface area contributed by atoms with Crippen molar-refractivity contribution < 1.29 is 31.6 Å². The molecule has 0 aliphatic carbocycles. The first-order valence-electron chi connectivity index (χ1n) is 9.99. The van der Waals surface area contributed by atoms with Crippen molar-refractivity contribution in [3.05, 3.63) is 35.9 Å². The maximum Gasteiger partial charge on any atom is 0.410 e. The summed E-state index contributed by atoms with van der Waals surface area (Å²) in [6, 6.07) is 8.81. The number of rotatable bonds is 8. The van der Waals surface area contributed by atoms with E-state index in [1.807, 2.05) is 30.3 Å².